The number of nitrogens with zero attached hydrogens (tertiary/aromatic N) is 1. The van der Waals surface area contributed by atoms with Gasteiger partial charge >= 0.3 is 0 Å². The number of carbonyl (C=O) groups excluding carboxylic acids is 2. The van der Waals surface area contributed by atoms with E-state index in [1.54, 1.807) is 24.3 Å². The number of hydrogen-bond donors (Lipinski definition) is 0. The molecule has 1 saturated heterocycles. The van der Waals surface area contributed by atoms with Crippen molar-refractivity contribution in [3.8, 4) is 0 Å². The summed E-state index contributed by atoms with van der Waals surface area (Å²) in [4.78, 5) is 23.9. The Morgan fingerprint density at radius 3 is 2.75 bits per heavy atom. The Hall–Kier alpha value is -1.08. The zero-order valence-electron chi connectivity index (χ0n) is 9.76. The van der Waals surface area contributed by atoms with Gasteiger partial charge in [-0.05, 0) is 23.8 Å². The molecule has 20 heavy (non-hydrogen) atoms. The lowest BCUT2D eigenvalue weighted by molar-refractivity contribution is -0.305. The number of thiocarbonyl (C=S) groups is 1. The van der Waals surface area contributed by atoms with Gasteiger partial charge in [-0.2, -0.15) is 0 Å². The van der Waals surface area contributed by atoms with E-state index in [1.807, 2.05) is 0 Å². The molecule has 104 valence electrons. The van der Waals surface area contributed by atoms with Crippen molar-refractivity contribution in [2.45, 2.75) is 0 Å². The summed E-state index contributed by atoms with van der Waals surface area (Å²) in [6, 6.07) is 4.86. The number of halogens is 2. The monoisotopic (exact) mass is 346 g/mol. The molecule has 0 saturated carbocycles. The van der Waals surface area contributed by atoms with Crippen LogP contribution in [0.25, 0.3) is 6.08 Å². The van der Waals surface area contributed by atoms with Gasteiger partial charge < -0.3 is 9.90 Å². The Bertz CT molecular complexity index is 646. The summed E-state index contributed by atoms with van der Waals surface area (Å²) < 4.78 is 0.176. The third-order valence-corrected chi connectivity index (χ3v) is 4.35. The first-order valence-corrected chi connectivity index (χ1v) is 7.27. The quantitative estimate of drug-likeness (QED) is 0.618. The zero-order valence-corrected chi connectivity index (χ0v) is 12.9. The van der Waals surface area contributed by atoms with Gasteiger partial charge in [-0.3, -0.25) is 9.69 Å². The molecule has 0 unspecified atom stereocenters. The van der Waals surface area contributed by atoms with E-state index in [4.69, 9.17) is 35.4 Å². The second kappa shape index (κ2) is 6.13. The summed E-state index contributed by atoms with van der Waals surface area (Å²) in [5, 5.41) is 11.4. The molecule has 1 heterocycles. The van der Waals surface area contributed by atoms with Crippen molar-refractivity contribution in [2.24, 2.45) is 0 Å². The van der Waals surface area contributed by atoms with Crippen molar-refractivity contribution in [3.05, 3.63) is 38.7 Å². The predicted octanol–water partition coefficient (Wildman–Crippen LogP) is 1.94. The zero-order chi connectivity index (χ0) is 14.9. The third kappa shape index (κ3) is 3.32. The molecule has 0 atom stereocenters. The highest BCUT2D eigenvalue weighted by atomic mass is 35.5. The van der Waals surface area contributed by atoms with Gasteiger partial charge in [0.25, 0.3) is 5.91 Å². The highest BCUT2D eigenvalue weighted by molar-refractivity contribution is 8.26. The number of thioether (sulfide) groups is 1. The van der Waals surface area contributed by atoms with E-state index < -0.39 is 18.4 Å². The van der Waals surface area contributed by atoms with Gasteiger partial charge in [0.05, 0.1) is 17.4 Å². The molecule has 4 nitrogen and oxygen atoms in total. The van der Waals surface area contributed by atoms with E-state index in [2.05, 4.69) is 0 Å². The average molecular weight is 347 g/mol. The molecular formula is C12H6Cl2NO3S2-. The average Bonchev–Trinajstić information content (AvgIpc) is 2.60. The van der Waals surface area contributed by atoms with Crippen LogP contribution in [0.1, 0.15) is 5.56 Å². The second-order valence-electron chi connectivity index (χ2n) is 3.81. The highest BCUT2D eigenvalue weighted by Gasteiger charge is 2.31. The first-order valence-electron chi connectivity index (χ1n) is 5.29. The summed E-state index contributed by atoms with van der Waals surface area (Å²) in [6.45, 7) is -0.559. The maximum atomic E-state index is 12.0. The van der Waals surface area contributed by atoms with Crippen LogP contribution in [0.2, 0.25) is 10.0 Å². The number of carboxylic acid groups (broad SMARTS) is 1. The van der Waals surface area contributed by atoms with Crippen molar-refractivity contribution in [1.82, 2.24) is 4.90 Å². The van der Waals surface area contributed by atoms with Gasteiger partial charge in [-0.15, -0.1) is 0 Å². The molecule has 1 aliphatic rings. The summed E-state index contributed by atoms with van der Waals surface area (Å²) in [5.41, 5.74) is 0.602. The molecule has 0 N–H and O–H groups in total. The van der Waals surface area contributed by atoms with Gasteiger partial charge in [0.15, 0.2) is 0 Å². The Balaban J connectivity index is 2.30. The number of hydrogen-bond acceptors (Lipinski definition) is 5. The maximum absolute atomic E-state index is 12.0. The predicted molar refractivity (Wildman–Crippen MR) is 81.3 cm³/mol. The van der Waals surface area contributed by atoms with Crippen LogP contribution >= 0.6 is 47.2 Å². The standard InChI is InChI=1S/C12H7Cl2NO3S2/c13-7-2-1-6(8(14)4-7)3-9-11(18)15(5-10(16)17)12(19)20-9/h1-4H,5H2,(H,16,17)/p-1/b9-3-. The number of amides is 1. The fourth-order valence-corrected chi connectivity index (χ4v) is 3.23. The summed E-state index contributed by atoms with van der Waals surface area (Å²) in [6.07, 6.45) is 1.55. The molecule has 1 aliphatic heterocycles. The molecule has 0 aromatic heterocycles. The lowest BCUT2D eigenvalue weighted by Gasteiger charge is -2.14. The smallest absolute Gasteiger partial charge is 0.266 e. The van der Waals surface area contributed by atoms with Gasteiger partial charge in [0.1, 0.15) is 4.32 Å². The topological polar surface area (TPSA) is 60.4 Å². The van der Waals surface area contributed by atoms with Crippen LogP contribution in [-0.4, -0.2) is 27.6 Å². The molecule has 2 rings (SSSR count). The summed E-state index contributed by atoms with van der Waals surface area (Å²) in [5.74, 6) is -1.85. The molecular weight excluding hydrogens is 341 g/mol. The fourth-order valence-electron chi connectivity index (χ4n) is 1.53. The Morgan fingerprint density at radius 2 is 2.15 bits per heavy atom. The molecule has 1 amide bonds. The van der Waals surface area contributed by atoms with Crippen molar-refractivity contribution in [2.75, 3.05) is 6.54 Å². The minimum Gasteiger partial charge on any atom is -0.548 e. The van der Waals surface area contributed by atoms with Gasteiger partial charge in [0, 0.05) is 10.0 Å². The van der Waals surface area contributed by atoms with E-state index in [1.165, 1.54) is 0 Å². The van der Waals surface area contributed by atoms with Crippen molar-refractivity contribution in [3.63, 3.8) is 0 Å². The number of aliphatic carboxylic acids is 1. The number of carboxylic acids is 1. The third-order valence-electron chi connectivity index (χ3n) is 2.41. The van der Waals surface area contributed by atoms with Crippen molar-refractivity contribution in [1.29, 1.82) is 0 Å². The molecule has 0 bridgehead atoms. The molecule has 0 radical (unpaired) electrons. The van der Waals surface area contributed by atoms with Gasteiger partial charge in [0.2, 0.25) is 0 Å². The largest absolute Gasteiger partial charge is 0.548 e. The number of rotatable bonds is 3. The summed E-state index contributed by atoms with van der Waals surface area (Å²) in [7, 11) is 0. The molecule has 0 aliphatic carbocycles. The van der Waals surface area contributed by atoms with Crippen LogP contribution in [0.4, 0.5) is 0 Å². The normalized spacial score (nSPS) is 17.1. The number of benzene rings is 1. The SMILES string of the molecule is O=C([O-])CN1C(=O)/C(=C/c2ccc(Cl)cc2Cl)SC1=S. The van der Waals surface area contributed by atoms with Crippen molar-refractivity contribution < 1.29 is 14.7 Å². The minimum atomic E-state index is -1.37. The molecule has 1 fully saturated rings. The molecule has 1 aromatic carbocycles. The Kier molecular flexibility index (Phi) is 4.70. The van der Waals surface area contributed by atoms with Crippen LogP contribution in [-0.2, 0) is 9.59 Å². The lowest BCUT2D eigenvalue weighted by Crippen LogP contribution is -2.40. The van der Waals surface area contributed by atoms with Gasteiger partial charge in [-0.1, -0.05) is 53.2 Å². The molecule has 0 spiro atoms. The van der Waals surface area contributed by atoms with Crippen LogP contribution < -0.4 is 5.11 Å². The maximum Gasteiger partial charge on any atom is 0.266 e. The summed E-state index contributed by atoms with van der Waals surface area (Å²) >= 11 is 17.8. The van der Waals surface area contributed by atoms with Crippen LogP contribution in [0, 0.1) is 0 Å². The van der Waals surface area contributed by atoms with Crippen molar-refractivity contribution >= 4 is 69.5 Å². The van der Waals surface area contributed by atoms with E-state index in [-0.39, 0.29) is 4.32 Å². The van der Waals surface area contributed by atoms with Crippen LogP contribution in [0.15, 0.2) is 23.1 Å². The highest BCUT2D eigenvalue weighted by Crippen LogP contribution is 2.33. The van der Waals surface area contributed by atoms with Gasteiger partial charge in [-0.25, -0.2) is 0 Å². The first-order chi connectivity index (χ1) is 9.38. The fraction of sp³-hybridized carbons (Fsp3) is 0.0833. The van der Waals surface area contributed by atoms with E-state index in [0.717, 1.165) is 16.7 Å². The molecule has 1 aromatic rings. The Labute approximate surface area is 134 Å². The van der Waals surface area contributed by atoms with Crippen LogP contribution in [0.3, 0.4) is 0 Å². The van der Waals surface area contributed by atoms with Crippen LogP contribution in [0.5, 0.6) is 0 Å². The lowest BCUT2D eigenvalue weighted by atomic mass is 10.2. The molecule has 8 heteroatoms. The number of carbonyl (C=O) groups is 2. The second-order valence-corrected chi connectivity index (χ2v) is 6.33. The minimum absolute atomic E-state index is 0.176. The van der Waals surface area contributed by atoms with E-state index in [0.29, 0.717) is 20.5 Å². The van der Waals surface area contributed by atoms with E-state index in [9.17, 15) is 14.7 Å². The first kappa shape index (κ1) is 15.3. The van der Waals surface area contributed by atoms with E-state index >= 15 is 0 Å². The Morgan fingerprint density at radius 1 is 1.45 bits per heavy atom.